The second-order valence-electron chi connectivity index (χ2n) is 3.98. The Balaban J connectivity index is 1.87. The van der Waals surface area contributed by atoms with Crippen LogP contribution in [0.25, 0.3) is 6.08 Å². The number of hydrogen-bond donors (Lipinski definition) is 0. The quantitative estimate of drug-likeness (QED) is 0.617. The second-order valence-corrected chi connectivity index (χ2v) is 3.98. The number of benzene rings is 2. The van der Waals surface area contributed by atoms with E-state index < -0.39 is 5.97 Å². The number of carbonyl (C=O) groups is 1. The van der Waals surface area contributed by atoms with Gasteiger partial charge in [-0.3, -0.25) is 0 Å². The van der Waals surface area contributed by atoms with Crippen LogP contribution in [-0.2, 0) is 16.1 Å². The summed E-state index contributed by atoms with van der Waals surface area (Å²) >= 11 is 0. The molecule has 0 amide bonds. The van der Waals surface area contributed by atoms with Crippen LogP contribution < -0.4 is 0 Å². The lowest BCUT2D eigenvalue weighted by Crippen LogP contribution is -2.00. The third kappa shape index (κ3) is 4.39. The molecule has 2 aromatic carbocycles. The minimum Gasteiger partial charge on any atom is -0.458 e. The lowest BCUT2D eigenvalue weighted by molar-refractivity contribution is -0.138. The van der Waals surface area contributed by atoms with Crippen LogP contribution >= 0.6 is 0 Å². The highest BCUT2D eigenvalue weighted by molar-refractivity contribution is 5.86. The molecule has 0 atom stereocenters. The van der Waals surface area contributed by atoms with Gasteiger partial charge in [-0.2, -0.15) is 0 Å². The summed E-state index contributed by atoms with van der Waals surface area (Å²) in [5.74, 6) is -0.790. The molecular weight excluding hydrogens is 243 g/mol. The fourth-order valence-electron chi connectivity index (χ4n) is 1.56. The van der Waals surface area contributed by atoms with E-state index in [4.69, 9.17) is 4.74 Å². The second kappa shape index (κ2) is 6.50. The summed E-state index contributed by atoms with van der Waals surface area (Å²) in [5.41, 5.74) is 1.55. The van der Waals surface area contributed by atoms with E-state index in [1.54, 1.807) is 18.2 Å². The molecule has 0 aliphatic carbocycles. The Bertz CT molecular complexity index is 576. The van der Waals surface area contributed by atoms with E-state index in [9.17, 15) is 9.18 Å². The minimum absolute atomic E-state index is 0.0652. The van der Waals surface area contributed by atoms with E-state index >= 15 is 0 Å². The van der Waals surface area contributed by atoms with Gasteiger partial charge in [0.25, 0.3) is 0 Å². The van der Waals surface area contributed by atoms with Gasteiger partial charge in [0.05, 0.1) is 0 Å². The standard InChI is InChI=1S/C16H13FO2/c17-15-8-4-7-14(11-15)12-19-16(18)10-9-13-5-2-1-3-6-13/h1-11H,12H2/b10-9+. The van der Waals surface area contributed by atoms with E-state index in [2.05, 4.69) is 0 Å². The van der Waals surface area contributed by atoms with Crippen molar-refractivity contribution in [2.75, 3.05) is 0 Å². The van der Waals surface area contributed by atoms with Crippen LogP contribution in [0.4, 0.5) is 4.39 Å². The Kier molecular flexibility index (Phi) is 4.45. The summed E-state index contributed by atoms with van der Waals surface area (Å²) in [6.45, 7) is 0.0652. The van der Waals surface area contributed by atoms with Crippen molar-refractivity contribution in [1.82, 2.24) is 0 Å². The molecule has 19 heavy (non-hydrogen) atoms. The zero-order valence-electron chi connectivity index (χ0n) is 10.3. The number of esters is 1. The smallest absolute Gasteiger partial charge is 0.331 e. The monoisotopic (exact) mass is 256 g/mol. The molecule has 0 heterocycles. The average Bonchev–Trinajstić information content (AvgIpc) is 2.44. The number of carbonyl (C=O) groups excluding carboxylic acids is 1. The van der Waals surface area contributed by atoms with Crippen molar-refractivity contribution < 1.29 is 13.9 Å². The number of halogens is 1. The third-order valence-electron chi connectivity index (χ3n) is 2.48. The average molecular weight is 256 g/mol. The Morgan fingerprint density at radius 1 is 1.11 bits per heavy atom. The number of rotatable bonds is 4. The Labute approximate surface area is 111 Å². The van der Waals surface area contributed by atoms with Gasteiger partial charge < -0.3 is 4.74 Å². The summed E-state index contributed by atoms with van der Waals surface area (Å²) in [7, 11) is 0. The van der Waals surface area contributed by atoms with Crippen LogP contribution in [0.3, 0.4) is 0 Å². The molecular formula is C16H13FO2. The van der Waals surface area contributed by atoms with Gasteiger partial charge in [-0.15, -0.1) is 0 Å². The minimum atomic E-state index is -0.451. The van der Waals surface area contributed by atoms with Crippen molar-refractivity contribution in [3.8, 4) is 0 Å². The van der Waals surface area contributed by atoms with Gasteiger partial charge in [-0.05, 0) is 29.3 Å². The van der Waals surface area contributed by atoms with E-state index in [1.165, 1.54) is 18.2 Å². The van der Waals surface area contributed by atoms with Crippen LogP contribution in [0.1, 0.15) is 11.1 Å². The van der Waals surface area contributed by atoms with E-state index in [-0.39, 0.29) is 12.4 Å². The molecule has 0 aliphatic heterocycles. The van der Waals surface area contributed by atoms with E-state index in [1.807, 2.05) is 30.3 Å². The summed E-state index contributed by atoms with van der Waals surface area (Å²) < 4.78 is 17.9. The van der Waals surface area contributed by atoms with Crippen molar-refractivity contribution in [2.45, 2.75) is 6.61 Å². The Morgan fingerprint density at radius 2 is 1.89 bits per heavy atom. The Hall–Kier alpha value is -2.42. The maximum atomic E-state index is 12.9. The highest BCUT2D eigenvalue weighted by Crippen LogP contribution is 2.06. The first-order valence-electron chi connectivity index (χ1n) is 5.88. The van der Waals surface area contributed by atoms with Crippen molar-refractivity contribution in [3.05, 3.63) is 77.6 Å². The summed E-state index contributed by atoms with van der Waals surface area (Å²) in [5, 5.41) is 0. The molecule has 0 aromatic heterocycles. The molecule has 0 bridgehead atoms. The lowest BCUT2D eigenvalue weighted by atomic mass is 10.2. The largest absolute Gasteiger partial charge is 0.458 e. The molecule has 96 valence electrons. The van der Waals surface area contributed by atoms with Gasteiger partial charge in [0.2, 0.25) is 0 Å². The topological polar surface area (TPSA) is 26.3 Å². The van der Waals surface area contributed by atoms with E-state index in [0.717, 1.165) is 5.56 Å². The first-order chi connectivity index (χ1) is 9.24. The molecule has 0 radical (unpaired) electrons. The lowest BCUT2D eigenvalue weighted by Gasteiger charge is -2.02. The first-order valence-corrected chi connectivity index (χ1v) is 5.88. The maximum absolute atomic E-state index is 12.9. The van der Waals surface area contributed by atoms with Gasteiger partial charge in [-0.1, -0.05) is 42.5 Å². The fraction of sp³-hybridized carbons (Fsp3) is 0.0625. The third-order valence-corrected chi connectivity index (χ3v) is 2.48. The molecule has 0 spiro atoms. The summed E-state index contributed by atoms with van der Waals surface area (Å²) in [6, 6.07) is 15.4. The van der Waals surface area contributed by atoms with Gasteiger partial charge >= 0.3 is 5.97 Å². The predicted octanol–water partition coefficient (Wildman–Crippen LogP) is 3.58. The van der Waals surface area contributed by atoms with Gasteiger partial charge in [0.15, 0.2) is 0 Å². The van der Waals surface area contributed by atoms with Crippen molar-refractivity contribution in [2.24, 2.45) is 0 Å². The van der Waals surface area contributed by atoms with Crippen LogP contribution in [0.15, 0.2) is 60.7 Å². The molecule has 2 nitrogen and oxygen atoms in total. The molecule has 0 aliphatic rings. The normalized spacial score (nSPS) is 10.6. The molecule has 0 saturated carbocycles. The van der Waals surface area contributed by atoms with Gasteiger partial charge in [-0.25, -0.2) is 9.18 Å². The van der Waals surface area contributed by atoms with Crippen LogP contribution in [0.2, 0.25) is 0 Å². The highest BCUT2D eigenvalue weighted by atomic mass is 19.1. The zero-order chi connectivity index (χ0) is 13.5. The van der Waals surface area contributed by atoms with Gasteiger partial charge in [0, 0.05) is 6.08 Å². The van der Waals surface area contributed by atoms with E-state index in [0.29, 0.717) is 5.56 Å². The molecule has 2 rings (SSSR count). The van der Waals surface area contributed by atoms with Crippen molar-refractivity contribution in [1.29, 1.82) is 0 Å². The maximum Gasteiger partial charge on any atom is 0.331 e. The molecule has 0 fully saturated rings. The molecule has 2 aromatic rings. The fourth-order valence-corrected chi connectivity index (χ4v) is 1.56. The molecule has 0 unspecified atom stereocenters. The van der Waals surface area contributed by atoms with Crippen LogP contribution in [0.5, 0.6) is 0 Å². The zero-order valence-corrected chi connectivity index (χ0v) is 10.3. The predicted molar refractivity (Wildman–Crippen MR) is 71.7 cm³/mol. The highest BCUT2D eigenvalue weighted by Gasteiger charge is 1.99. The number of ether oxygens (including phenoxy) is 1. The van der Waals surface area contributed by atoms with Crippen molar-refractivity contribution >= 4 is 12.0 Å². The summed E-state index contributed by atoms with van der Waals surface area (Å²) in [6.07, 6.45) is 3.03. The summed E-state index contributed by atoms with van der Waals surface area (Å²) in [4.78, 5) is 11.5. The molecule has 0 N–H and O–H groups in total. The van der Waals surface area contributed by atoms with Crippen molar-refractivity contribution in [3.63, 3.8) is 0 Å². The molecule has 3 heteroatoms. The number of hydrogen-bond acceptors (Lipinski definition) is 2. The molecule has 0 saturated heterocycles. The SMILES string of the molecule is O=C(/C=C/c1ccccc1)OCc1cccc(F)c1. The Morgan fingerprint density at radius 3 is 2.63 bits per heavy atom. The van der Waals surface area contributed by atoms with Gasteiger partial charge in [0.1, 0.15) is 12.4 Å². The van der Waals surface area contributed by atoms with Crippen LogP contribution in [0, 0.1) is 5.82 Å². The first kappa shape index (κ1) is 13.0. The van der Waals surface area contributed by atoms with Crippen LogP contribution in [-0.4, -0.2) is 5.97 Å².